The van der Waals surface area contributed by atoms with E-state index in [1.54, 1.807) is 0 Å². The lowest BCUT2D eigenvalue weighted by Crippen LogP contribution is -2.30. The summed E-state index contributed by atoms with van der Waals surface area (Å²) in [6.07, 6.45) is 76.7. The summed E-state index contributed by atoms with van der Waals surface area (Å²) in [5.41, 5.74) is 0. The van der Waals surface area contributed by atoms with E-state index in [-0.39, 0.29) is 25.2 Å². The van der Waals surface area contributed by atoms with Crippen LogP contribution in [0.1, 0.15) is 239 Å². The number of ether oxygens (including phenoxy) is 3. The minimum absolute atomic E-state index is 0.0571. The van der Waals surface area contributed by atoms with E-state index in [0.29, 0.717) is 19.4 Å². The summed E-state index contributed by atoms with van der Waals surface area (Å²) in [7, 11) is 0. The number of esters is 2. The highest BCUT2D eigenvalue weighted by molar-refractivity contribution is 5.70. The smallest absolute Gasteiger partial charge is 0.306 e. The zero-order valence-corrected chi connectivity index (χ0v) is 43.2. The number of rotatable bonds is 49. The van der Waals surface area contributed by atoms with Crippen LogP contribution in [-0.2, 0) is 23.8 Å². The van der Waals surface area contributed by atoms with Crippen molar-refractivity contribution < 1.29 is 23.8 Å². The van der Waals surface area contributed by atoms with Gasteiger partial charge in [-0.05, 0) is 122 Å². The lowest BCUT2D eigenvalue weighted by atomic mass is 10.1. The van der Waals surface area contributed by atoms with Gasteiger partial charge in [-0.2, -0.15) is 0 Å². The van der Waals surface area contributed by atoms with E-state index in [0.717, 1.165) is 122 Å². The molecule has 0 radical (unpaired) electrons. The molecule has 0 rings (SSSR count). The molecule has 0 aromatic rings. The SMILES string of the molecule is CC/C=C\C/C=C\C/C=C\C/C=C\CCCCCCC(=O)OCC(COCCCCCCCCCC/C=C\C/C=C\CCCCC)OC(=O)CCCCCCC/C=C\C/C=C\C/C=C\CC. The average Bonchev–Trinajstić information content (AvgIpc) is 3.32. The van der Waals surface area contributed by atoms with Crippen LogP contribution in [0.2, 0.25) is 0 Å². The minimum atomic E-state index is -0.566. The van der Waals surface area contributed by atoms with Gasteiger partial charge in [0.25, 0.3) is 0 Å². The number of carbonyl (C=O) groups excluding carboxylic acids is 2. The third-order valence-corrected chi connectivity index (χ3v) is 11.3. The molecule has 1 unspecified atom stereocenters. The van der Waals surface area contributed by atoms with Crippen molar-refractivity contribution in [3.63, 3.8) is 0 Å². The van der Waals surface area contributed by atoms with E-state index >= 15 is 0 Å². The van der Waals surface area contributed by atoms with E-state index in [9.17, 15) is 9.59 Å². The monoisotopic (exact) mass is 915 g/mol. The van der Waals surface area contributed by atoms with Gasteiger partial charge in [-0.3, -0.25) is 9.59 Å². The lowest BCUT2D eigenvalue weighted by Gasteiger charge is -2.18. The summed E-state index contributed by atoms with van der Waals surface area (Å²) in [6, 6.07) is 0. The fraction of sp³-hybridized carbons (Fsp3) is 0.672. The van der Waals surface area contributed by atoms with E-state index in [1.165, 1.54) is 83.5 Å². The Kier molecular flexibility index (Phi) is 53.0. The van der Waals surface area contributed by atoms with Gasteiger partial charge in [0.2, 0.25) is 0 Å². The largest absolute Gasteiger partial charge is 0.462 e. The Hall–Kier alpha value is -3.44. The van der Waals surface area contributed by atoms with Crippen molar-refractivity contribution in [1.29, 1.82) is 0 Å². The molecule has 0 saturated heterocycles. The van der Waals surface area contributed by atoms with E-state index in [4.69, 9.17) is 14.2 Å². The van der Waals surface area contributed by atoms with Crippen LogP contribution in [0.5, 0.6) is 0 Å². The molecule has 0 fully saturated rings. The lowest BCUT2D eigenvalue weighted by molar-refractivity contribution is -0.163. The summed E-state index contributed by atoms with van der Waals surface area (Å²) in [5, 5.41) is 0. The van der Waals surface area contributed by atoms with Crippen molar-refractivity contribution >= 4 is 11.9 Å². The van der Waals surface area contributed by atoms with Crippen molar-refractivity contribution in [2.24, 2.45) is 0 Å². The van der Waals surface area contributed by atoms with Gasteiger partial charge < -0.3 is 14.2 Å². The van der Waals surface area contributed by atoms with Crippen LogP contribution < -0.4 is 0 Å². The van der Waals surface area contributed by atoms with E-state index in [1.807, 2.05) is 0 Å². The Labute approximate surface area is 408 Å². The van der Waals surface area contributed by atoms with Crippen LogP contribution >= 0.6 is 0 Å². The van der Waals surface area contributed by atoms with Gasteiger partial charge in [-0.1, -0.05) is 214 Å². The highest BCUT2D eigenvalue weighted by Gasteiger charge is 2.17. The third-order valence-electron chi connectivity index (χ3n) is 11.3. The first-order chi connectivity index (χ1) is 32.6. The minimum Gasteiger partial charge on any atom is -0.462 e. The maximum atomic E-state index is 12.8. The molecule has 0 amide bonds. The van der Waals surface area contributed by atoms with Crippen molar-refractivity contribution in [2.75, 3.05) is 19.8 Å². The molecule has 0 aromatic heterocycles. The van der Waals surface area contributed by atoms with Crippen LogP contribution in [0, 0.1) is 0 Å². The van der Waals surface area contributed by atoms with Crippen LogP contribution in [0.25, 0.3) is 0 Å². The normalized spacial score (nSPS) is 13.1. The topological polar surface area (TPSA) is 61.8 Å². The molecule has 0 heterocycles. The Morgan fingerprint density at radius 3 is 1.09 bits per heavy atom. The van der Waals surface area contributed by atoms with Gasteiger partial charge in [-0.15, -0.1) is 0 Å². The predicted octanol–water partition coefficient (Wildman–Crippen LogP) is 18.8. The maximum absolute atomic E-state index is 12.8. The van der Waals surface area contributed by atoms with Gasteiger partial charge >= 0.3 is 11.9 Å². The predicted molar refractivity (Wildman–Crippen MR) is 288 cm³/mol. The summed E-state index contributed by atoms with van der Waals surface area (Å²) in [6.45, 7) is 7.52. The first kappa shape index (κ1) is 62.6. The molecule has 0 saturated carbocycles. The molecular weight excluding hydrogens is 813 g/mol. The molecule has 66 heavy (non-hydrogen) atoms. The molecule has 376 valence electrons. The third kappa shape index (κ3) is 53.2. The van der Waals surface area contributed by atoms with Crippen molar-refractivity contribution in [3.05, 3.63) is 109 Å². The van der Waals surface area contributed by atoms with Gasteiger partial charge in [0.05, 0.1) is 6.61 Å². The number of allylic oxidation sites excluding steroid dienone is 18. The second-order valence-corrected chi connectivity index (χ2v) is 17.7. The Bertz CT molecular complexity index is 1310. The zero-order valence-electron chi connectivity index (χ0n) is 43.2. The molecule has 0 aliphatic rings. The maximum Gasteiger partial charge on any atom is 0.306 e. The first-order valence-corrected chi connectivity index (χ1v) is 27.4. The molecule has 0 aromatic carbocycles. The van der Waals surface area contributed by atoms with Gasteiger partial charge in [0.15, 0.2) is 6.10 Å². The van der Waals surface area contributed by atoms with Crippen LogP contribution in [0.3, 0.4) is 0 Å². The fourth-order valence-corrected chi connectivity index (χ4v) is 7.25. The van der Waals surface area contributed by atoms with Crippen LogP contribution in [0.15, 0.2) is 109 Å². The standard InChI is InChI=1S/C61H102O5/c1-4-7-10-13-16-19-22-25-28-30-32-35-38-41-44-47-50-53-56-64-57-59(66-61(63)55-52-49-46-43-40-37-33-27-24-21-18-15-12-9-6-3)58-65-60(62)54-51-48-45-42-39-36-34-31-29-26-23-20-17-14-11-8-5-2/h8-9,11-12,16-21,25-29,33-34,36,59H,4-7,10,13-15,22-24,30-32,35,37-58H2,1-3H3/b11-8-,12-9-,19-16-,20-17-,21-18-,28-25-,29-26-,33-27-,36-34-. The van der Waals surface area contributed by atoms with E-state index in [2.05, 4.69) is 130 Å². The first-order valence-electron chi connectivity index (χ1n) is 27.4. The molecule has 5 heteroatoms. The second-order valence-electron chi connectivity index (χ2n) is 17.7. The molecule has 0 spiro atoms. The summed E-state index contributed by atoms with van der Waals surface area (Å²) in [5.74, 6) is -0.450. The number of hydrogen-bond acceptors (Lipinski definition) is 5. The highest BCUT2D eigenvalue weighted by Crippen LogP contribution is 2.13. The summed E-state index contributed by atoms with van der Waals surface area (Å²) < 4.78 is 17.4. The number of hydrogen-bond donors (Lipinski definition) is 0. The molecule has 5 nitrogen and oxygen atoms in total. The molecule has 0 bridgehead atoms. The molecule has 0 N–H and O–H groups in total. The molecule has 0 aliphatic heterocycles. The molecule has 1 atom stereocenters. The van der Waals surface area contributed by atoms with E-state index < -0.39 is 6.10 Å². The fourth-order valence-electron chi connectivity index (χ4n) is 7.25. The van der Waals surface area contributed by atoms with Crippen molar-refractivity contribution in [3.8, 4) is 0 Å². The van der Waals surface area contributed by atoms with Crippen molar-refractivity contribution in [1.82, 2.24) is 0 Å². The summed E-state index contributed by atoms with van der Waals surface area (Å²) >= 11 is 0. The molecule has 0 aliphatic carbocycles. The Morgan fingerprint density at radius 2 is 0.682 bits per heavy atom. The number of unbranched alkanes of at least 4 members (excludes halogenated alkanes) is 20. The van der Waals surface area contributed by atoms with Crippen LogP contribution in [0.4, 0.5) is 0 Å². The van der Waals surface area contributed by atoms with Crippen molar-refractivity contribution in [2.45, 2.75) is 245 Å². The van der Waals surface area contributed by atoms with Gasteiger partial charge in [0, 0.05) is 19.4 Å². The van der Waals surface area contributed by atoms with Gasteiger partial charge in [0.1, 0.15) is 6.61 Å². The second kappa shape index (κ2) is 55.9. The van der Waals surface area contributed by atoms with Gasteiger partial charge in [-0.25, -0.2) is 0 Å². The van der Waals surface area contributed by atoms with Crippen LogP contribution in [-0.4, -0.2) is 37.9 Å². The quantitative estimate of drug-likeness (QED) is 0.0346. The highest BCUT2D eigenvalue weighted by atomic mass is 16.6. The zero-order chi connectivity index (χ0) is 47.7. The number of carbonyl (C=O) groups is 2. The Morgan fingerprint density at radius 1 is 0.348 bits per heavy atom. The molecular formula is C61H102O5. The summed E-state index contributed by atoms with van der Waals surface area (Å²) in [4.78, 5) is 25.5. The Balaban J connectivity index is 4.37. The average molecular weight is 915 g/mol.